The molecule has 1 amide bonds. The fourth-order valence-corrected chi connectivity index (χ4v) is 2.86. The summed E-state index contributed by atoms with van der Waals surface area (Å²) in [5, 5.41) is 0. The van der Waals surface area contributed by atoms with Crippen LogP contribution in [-0.2, 0) is 14.3 Å². The topological polar surface area (TPSA) is 74.0 Å². The van der Waals surface area contributed by atoms with Crippen LogP contribution in [0.3, 0.4) is 0 Å². The van der Waals surface area contributed by atoms with Gasteiger partial charge in [-0.3, -0.25) is 4.79 Å². The van der Waals surface area contributed by atoms with Gasteiger partial charge < -0.3 is 24.8 Å². The molecule has 0 aliphatic carbocycles. The zero-order valence-electron chi connectivity index (χ0n) is 12.4. The molecule has 0 saturated carbocycles. The van der Waals surface area contributed by atoms with Gasteiger partial charge in [0.25, 0.3) is 0 Å². The van der Waals surface area contributed by atoms with Crippen LogP contribution in [0, 0.1) is 0 Å². The standard InChI is InChI=1S/C15H20N2O4/c1-15(2)20-8-11(21-15)13-12(16)14(18)17(13)9-4-6-10(19-3)7-5-9/h4-7,11-13H,8,16H2,1-3H3/t11?,12-,13-/m0/s1. The van der Waals surface area contributed by atoms with E-state index in [1.807, 2.05) is 38.1 Å². The van der Waals surface area contributed by atoms with E-state index < -0.39 is 11.8 Å². The molecule has 0 aromatic heterocycles. The number of anilines is 1. The fourth-order valence-electron chi connectivity index (χ4n) is 2.86. The molecule has 6 heteroatoms. The number of benzene rings is 1. The third-order valence-corrected chi connectivity index (χ3v) is 3.95. The molecule has 0 radical (unpaired) electrons. The Morgan fingerprint density at radius 2 is 2.00 bits per heavy atom. The molecule has 21 heavy (non-hydrogen) atoms. The molecule has 0 spiro atoms. The summed E-state index contributed by atoms with van der Waals surface area (Å²) in [6.45, 7) is 4.15. The molecule has 2 fully saturated rings. The van der Waals surface area contributed by atoms with Gasteiger partial charge in [0.1, 0.15) is 17.9 Å². The predicted octanol–water partition coefficient (Wildman–Crippen LogP) is 0.889. The molecule has 2 aliphatic heterocycles. The molecule has 2 aliphatic rings. The number of rotatable bonds is 3. The van der Waals surface area contributed by atoms with Gasteiger partial charge in [-0.05, 0) is 38.1 Å². The van der Waals surface area contributed by atoms with Crippen molar-refractivity contribution in [2.24, 2.45) is 5.73 Å². The molecule has 3 rings (SSSR count). The van der Waals surface area contributed by atoms with Gasteiger partial charge >= 0.3 is 0 Å². The summed E-state index contributed by atoms with van der Waals surface area (Å²) in [5.74, 6) is 0.0156. The Morgan fingerprint density at radius 3 is 2.52 bits per heavy atom. The van der Waals surface area contributed by atoms with Crippen molar-refractivity contribution in [1.82, 2.24) is 0 Å². The van der Waals surface area contributed by atoms with Gasteiger partial charge in [-0.1, -0.05) is 0 Å². The van der Waals surface area contributed by atoms with Crippen LogP contribution >= 0.6 is 0 Å². The van der Waals surface area contributed by atoms with Gasteiger partial charge in [-0.25, -0.2) is 0 Å². The highest BCUT2D eigenvalue weighted by Gasteiger charge is 2.53. The third kappa shape index (κ3) is 2.39. The molecule has 114 valence electrons. The molecule has 2 saturated heterocycles. The van der Waals surface area contributed by atoms with E-state index in [1.165, 1.54) is 0 Å². The molecule has 2 N–H and O–H groups in total. The molecule has 3 atom stereocenters. The number of hydrogen-bond donors (Lipinski definition) is 1. The van der Waals surface area contributed by atoms with Crippen LogP contribution in [0.2, 0.25) is 0 Å². The van der Waals surface area contributed by atoms with Crippen molar-refractivity contribution in [3.8, 4) is 5.75 Å². The van der Waals surface area contributed by atoms with E-state index in [0.717, 1.165) is 11.4 Å². The van der Waals surface area contributed by atoms with Gasteiger partial charge in [0.15, 0.2) is 5.79 Å². The smallest absolute Gasteiger partial charge is 0.246 e. The molecule has 1 unspecified atom stereocenters. The largest absolute Gasteiger partial charge is 0.497 e. The number of carbonyl (C=O) groups excluding carboxylic acids is 1. The van der Waals surface area contributed by atoms with Gasteiger partial charge in [0.05, 0.1) is 19.8 Å². The highest BCUT2D eigenvalue weighted by atomic mass is 16.7. The summed E-state index contributed by atoms with van der Waals surface area (Å²) >= 11 is 0. The zero-order chi connectivity index (χ0) is 15.2. The van der Waals surface area contributed by atoms with Crippen LogP contribution < -0.4 is 15.4 Å². The van der Waals surface area contributed by atoms with E-state index in [9.17, 15) is 4.79 Å². The molecule has 6 nitrogen and oxygen atoms in total. The van der Waals surface area contributed by atoms with Crippen LogP contribution in [0.15, 0.2) is 24.3 Å². The second kappa shape index (κ2) is 4.98. The maximum Gasteiger partial charge on any atom is 0.246 e. The minimum atomic E-state index is -0.630. The lowest BCUT2D eigenvalue weighted by Gasteiger charge is -2.47. The first kappa shape index (κ1) is 14.3. The molecule has 0 bridgehead atoms. The van der Waals surface area contributed by atoms with Crippen molar-refractivity contribution in [3.05, 3.63) is 24.3 Å². The highest BCUT2D eigenvalue weighted by molar-refractivity contribution is 6.05. The number of ether oxygens (including phenoxy) is 3. The summed E-state index contributed by atoms with van der Waals surface area (Å²) in [7, 11) is 1.61. The summed E-state index contributed by atoms with van der Waals surface area (Å²) < 4.78 is 16.6. The van der Waals surface area contributed by atoms with E-state index in [-0.39, 0.29) is 18.1 Å². The van der Waals surface area contributed by atoms with E-state index >= 15 is 0 Å². The molecule has 2 heterocycles. The van der Waals surface area contributed by atoms with E-state index in [4.69, 9.17) is 19.9 Å². The first-order valence-corrected chi connectivity index (χ1v) is 6.97. The summed E-state index contributed by atoms with van der Waals surface area (Å²) in [6.07, 6.45) is -0.213. The number of methoxy groups -OCH3 is 1. The molecule has 1 aromatic carbocycles. The summed E-state index contributed by atoms with van der Waals surface area (Å²) in [6, 6.07) is 6.58. The van der Waals surface area contributed by atoms with Gasteiger partial charge in [0, 0.05) is 5.69 Å². The lowest BCUT2D eigenvalue weighted by Crippen LogP contribution is -2.73. The Hall–Kier alpha value is -1.63. The number of β-lactam (4-membered cyclic amide) rings is 1. The van der Waals surface area contributed by atoms with Crippen LogP contribution in [0.1, 0.15) is 13.8 Å². The SMILES string of the molecule is COc1ccc(N2C(=O)[C@@H](N)[C@@H]2C2COC(C)(C)O2)cc1. The minimum absolute atomic E-state index is 0.0986. The average Bonchev–Trinajstić information content (AvgIpc) is 2.83. The number of amides is 1. The van der Waals surface area contributed by atoms with Crippen molar-refractivity contribution < 1.29 is 19.0 Å². The number of hydrogen-bond acceptors (Lipinski definition) is 5. The van der Waals surface area contributed by atoms with Crippen molar-refractivity contribution in [3.63, 3.8) is 0 Å². The second-order valence-corrected chi connectivity index (χ2v) is 5.79. The number of carbonyl (C=O) groups is 1. The van der Waals surface area contributed by atoms with Crippen LogP contribution in [-0.4, -0.2) is 43.6 Å². The Labute approximate surface area is 123 Å². The minimum Gasteiger partial charge on any atom is -0.497 e. The Balaban J connectivity index is 1.81. The van der Waals surface area contributed by atoms with Crippen LogP contribution in [0.5, 0.6) is 5.75 Å². The Kier molecular flexibility index (Phi) is 3.39. The average molecular weight is 292 g/mol. The quantitative estimate of drug-likeness (QED) is 0.838. The molecular weight excluding hydrogens is 272 g/mol. The third-order valence-electron chi connectivity index (χ3n) is 3.95. The predicted molar refractivity (Wildman–Crippen MR) is 77.1 cm³/mol. The fraction of sp³-hybridized carbons (Fsp3) is 0.533. The Morgan fingerprint density at radius 1 is 1.33 bits per heavy atom. The van der Waals surface area contributed by atoms with Crippen molar-refractivity contribution in [1.29, 1.82) is 0 Å². The van der Waals surface area contributed by atoms with Crippen molar-refractivity contribution >= 4 is 11.6 Å². The van der Waals surface area contributed by atoms with Crippen LogP contribution in [0.4, 0.5) is 5.69 Å². The van der Waals surface area contributed by atoms with Crippen molar-refractivity contribution in [2.75, 3.05) is 18.6 Å². The van der Waals surface area contributed by atoms with Crippen LogP contribution in [0.25, 0.3) is 0 Å². The van der Waals surface area contributed by atoms with E-state index in [1.54, 1.807) is 12.0 Å². The summed E-state index contributed by atoms with van der Waals surface area (Å²) in [5.41, 5.74) is 6.76. The normalized spacial score (nSPS) is 31.1. The monoisotopic (exact) mass is 292 g/mol. The van der Waals surface area contributed by atoms with Gasteiger partial charge in [-0.15, -0.1) is 0 Å². The number of nitrogens with zero attached hydrogens (tertiary/aromatic N) is 1. The molecule has 1 aromatic rings. The lowest BCUT2D eigenvalue weighted by atomic mass is 9.90. The Bertz CT molecular complexity index is 543. The first-order chi connectivity index (χ1) is 9.93. The first-order valence-electron chi connectivity index (χ1n) is 6.97. The lowest BCUT2D eigenvalue weighted by molar-refractivity contribution is -0.149. The van der Waals surface area contributed by atoms with E-state index in [2.05, 4.69) is 0 Å². The molecular formula is C15H20N2O4. The second-order valence-electron chi connectivity index (χ2n) is 5.79. The van der Waals surface area contributed by atoms with Crippen molar-refractivity contribution in [2.45, 2.75) is 37.8 Å². The van der Waals surface area contributed by atoms with Gasteiger partial charge in [0.2, 0.25) is 5.91 Å². The number of nitrogens with two attached hydrogens (primary N) is 1. The summed E-state index contributed by atoms with van der Waals surface area (Å²) in [4.78, 5) is 13.8. The maximum atomic E-state index is 12.1. The van der Waals surface area contributed by atoms with Gasteiger partial charge in [-0.2, -0.15) is 0 Å². The highest BCUT2D eigenvalue weighted by Crippen LogP contribution is 2.35. The zero-order valence-corrected chi connectivity index (χ0v) is 12.4. The van der Waals surface area contributed by atoms with E-state index in [0.29, 0.717) is 6.61 Å². The maximum absolute atomic E-state index is 12.1.